The maximum Gasteiger partial charge on any atom is 0.326 e. The van der Waals surface area contributed by atoms with E-state index < -0.39 is 12.0 Å². The highest BCUT2D eigenvalue weighted by atomic mass is 16.4. The third-order valence-corrected chi connectivity index (χ3v) is 1.65. The molecule has 82 valence electrons. The van der Waals surface area contributed by atoms with Crippen LogP contribution < -0.4 is 10.6 Å². The Bertz CT molecular complexity index is 196. The molecule has 0 aromatic rings. The summed E-state index contributed by atoms with van der Waals surface area (Å²) in [6, 6.07) is -0.996. The molecule has 0 spiro atoms. The van der Waals surface area contributed by atoms with Crippen LogP contribution in [0.15, 0.2) is 0 Å². The minimum absolute atomic E-state index is 0.0284. The van der Waals surface area contributed by atoms with Crippen LogP contribution in [0, 0.1) is 0 Å². The molecule has 0 rings (SSSR count). The van der Waals surface area contributed by atoms with Gasteiger partial charge in [-0.3, -0.25) is 4.79 Å². The Labute approximate surface area is 82.3 Å². The number of amides is 1. The quantitative estimate of drug-likeness (QED) is 0.406. The Kier molecular flexibility index (Phi) is 6.69. The molecule has 6 heteroatoms. The molecule has 0 bridgehead atoms. The van der Waals surface area contributed by atoms with Gasteiger partial charge in [-0.2, -0.15) is 0 Å². The summed E-state index contributed by atoms with van der Waals surface area (Å²) < 4.78 is 0. The first-order valence-electron chi connectivity index (χ1n) is 4.39. The Morgan fingerprint density at radius 1 is 1.43 bits per heavy atom. The van der Waals surface area contributed by atoms with Gasteiger partial charge in [0.1, 0.15) is 6.04 Å². The SMILES string of the molecule is CNCCC(=O)N[C@@H](CCO)C(=O)O. The van der Waals surface area contributed by atoms with E-state index in [9.17, 15) is 9.59 Å². The van der Waals surface area contributed by atoms with E-state index >= 15 is 0 Å². The third kappa shape index (κ3) is 5.50. The molecule has 0 aliphatic heterocycles. The van der Waals surface area contributed by atoms with Crippen LogP contribution in [0.3, 0.4) is 0 Å². The zero-order valence-corrected chi connectivity index (χ0v) is 8.12. The number of aliphatic hydroxyl groups is 1. The Hall–Kier alpha value is -1.14. The number of rotatable bonds is 7. The van der Waals surface area contributed by atoms with E-state index in [1.54, 1.807) is 7.05 Å². The van der Waals surface area contributed by atoms with E-state index in [1.165, 1.54) is 0 Å². The van der Waals surface area contributed by atoms with Crippen LogP contribution in [0.2, 0.25) is 0 Å². The van der Waals surface area contributed by atoms with Gasteiger partial charge < -0.3 is 20.8 Å². The van der Waals surface area contributed by atoms with Crippen molar-refractivity contribution in [2.75, 3.05) is 20.2 Å². The maximum absolute atomic E-state index is 11.1. The normalized spacial score (nSPS) is 12.1. The van der Waals surface area contributed by atoms with Gasteiger partial charge in [0.15, 0.2) is 0 Å². The first kappa shape index (κ1) is 12.9. The fourth-order valence-electron chi connectivity index (χ4n) is 0.892. The van der Waals surface area contributed by atoms with Crippen LogP contribution in [-0.2, 0) is 9.59 Å². The summed E-state index contributed by atoms with van der Waals surface area (Å²) >= 11 is 0. The second kappa shape index (κ2) is 7.28. The maximum atomic E-state index is 11.1. The minimum Gasteiger partial charge on any atom is -0.480 e. The first-order valence-corrected chi connectivity index (χ1v) is 4.39. The predicted molar refractivity (Wildman–Crippen MR) is 49.8 cm³/mol. The lowest BCUT2D eigenvalue weighted by molar-refractivity contribution is -0.142. The summed E-state index contributed by atoms with van der Waals surface area (Å²) in [5.41, 5.74) is 0. The third-order valence-electron chi connectivity index (χ3n) is 1.65. The van der Waals surface area contributed by atoms with E-state index in [0.717, 1.165) is 0 Å². The van der Waals surface area contributed by atoms with Crippen molar-refractivity contribution >= 4 is 11.9 Å². The molecule has 0 saturated carbocycles. The van der Waals surface area contributed by atoms with Crippen LogP contribution in [-0.4, -0.2) is 48.3 Å². The smallest absolute Gasteiger partial charge is 0.326 e. The zero-order chi connectivity index (χ0) is 11.0. The number of carboxylic acids is 1. The van der Waals surface area contributed by atoms with Gasteiger partial charge in [-0.1, -0.05) is 0 Å². The van der Waals surface area contributed by atoms with Crippen molar-refractivity contribution < 1.29 is 19.8 Å². The van der Waals surface area contributed by atoms with Crippen molar-refractivity contribution in [3.63, 3.8) is 0 Å². The highest BCUT2D eigenvalue weighted by Gasteiger charge is 2.18. The fraction of sp³-hybridized carbons (Fsp3) is 0.750. The topological polar surface area (TPSA) is 98.7 Å². The summed E-state index contributed by atoms with van der Waals surface area (Å²) in [6.07, 6.45) is 0.256. The molecule has 0 fully saturated rings. The molecule has 14 heavy (non-hydrogen) atoms. The van der Waals surface area contributed by atoms with E-state index in [4.69, 9.17) is 10.2 Å². The number of hydrogen-bond donors (Lipinski definition) is 4. The van der Waals surface area contributed by atoms with Crippen molar-refractivity contribution in [1.82, 2.24) is 10.6 Å². The van der Waals surface area contributed by atoms with Crippen LogP contribution in [0.5, 0.6) is 0 Å². The van der Waals surface area contributed by atoms with Gasteiger partial charge in [-0.15, -0.1) is 0 Å². The lowest BCUT2D eigenvalue weighted by Crippen LogP contribution is -2.42. The van der Waals surface area contributed by atoms with E-state index in [1.807, 2.05) is 0 Å². The zero-order valence-electron chi connectivity index (χ0n) is 8.12. The van der Waals surface area contributed by atoms with Gasteiger partial charge in [0.05, 0.1) is 0 Å². The summed E-state index contributed by atoms with van der Waals surface area (Å²) in [7, 11) is 1.70. The number of nitrogens with one attached hydrogen (secondary N) is 2. The molecule has 0 aliphatic rings. The average Bonchev–Trinajstić information content (AvgIpc) is 2.14. The lowest BCUT2D eigenvalue weighted by Gasteiger charge is -2.12. The Morgan fingerprint density at radius 3 is 2.50 bits per heavy atom. The van der Waals surface area contributed by atoms with Gasteiger partial charge in [-0.05, 0) is 7.05 Å². The van der Waals surface area contributed by atoms with Crippen LogP contribution in [0.1, 0.15) is 12.8 Å². The van der Waals surface area contributed by atoms with Gasteiger partial charge in [0.25, 0.3) is 0 Å². The van der Waals surface area contributed by atoms with Crippen molar-refractivity contribution in [1.29, 1.82) is 0 Å². The van der Waals surface area contributed by atoms with Crippen molar-refractivity contribution in [3.8, 4) is 0 Å². The standard InChI is InChI=1S/C8H16N2O4/c1-9-4-2-7(12)10-6(3-5-11)8(13)14/h6,9,11H,2-5H2,1H3,(H,10,12)(H,13,14)/t6-/m0/s1. The van der Waals surface area contributed by atoms with E-state index in [0.29, 0.717) is 6.54 Å². The number of hydrogen-bond acceptors (Lipinski definition) is 4. The number of carboxylic acid groups (broad SMARTS) is 1. The van der Waals surface area contributed by atoms with Crippen LogP contribution >= 0.6 is 0 Å². The van der Waals surface area contributed by atoms with Gasteiger partial charge >= 0.3 is 5.97 Å². The summed E-state index contributed by atoms with van der Waals surface area (Å²) in [5, 5.41) is 22.3. The molecule has 1 atom stereocenters. The van der Waals surface area contributed by atoms with Crippen molar-refractivity contribution in [2.24, 2.45) is 0 Å². The molecule has 6 nitrogen and oxygen atoms in total. The molecular weight excluding hydrogens is 188 g/mol. The average molecular weight is 204 g/mol. The second-order valence-corrected chi connectivity index (χ2v) is 2.82. The largest absolute Gasteiger partial charge is 0.480 e. The van der Waals surface area contributed by atoms with E-state index in [2.05, 4.69) is 10.6 Å². The van der Waals surface area contributed by atoms with Gasteiger partial charge in [-0.25, -0.2) is 4.79 Å². The molecule has 0 unspecified atom stereocenters. The monoisotopic (exact) mass is 204 g/mol. The lowest BCUT2D eigenvalue weighted by atomic mass is 10.2. The fourth-order valence-corrected chi connectivity index (χ4v) is 0.892. The molecule has 0 aromatic carbocycles. The first-order chi connectivity index (χ1) is 6.61. The molecule has 0 aromatic heterocycles. The summed E-state index contributed by atoms with van der Waals surface area (Å²) in [6.45, 7) is 0.237. The van der Waals surface area contributed by atoms with Crippen molar-refractivity contribution in [3.05, 3.63) is 0 Å². The second-order valence-electron chi connectivity index (χ2n) is 2.82. The Morgan fingerprint density at radius 2 is 2.07 bits per heavy atom. The van der Waals surface area contributed by atoms with Crippen molar-refractivity contribution in [2.45, 2.75) is 18.9 Å². The van der Waals surface area contributed by atoms with Gasteiger partial charge in [0, 0.05) is 26.0 Å². The highest BCUT2D eigenvalue weighted by Crippen LogP contribution is 1.92. The highest BCUT2D eigenvalue weighted by molar-refractivity contribution is 5.83. The Balaban J connectivity index is 3.90. The molecule has 0 radical (unpaired) electrons. The molecule has 0 heterocycles. The molecule has 0 aliphatic carbocycles. The molecule has 0 saturated heterocycles. The van der Waals surface area contributed by atoms with Crippen LogP contribution in [0.25, 0.3) is 0 Å². The molecular formula is C8H16N2O4. The summed E-state index contributed by atoms with van der Waals surface area (Å²) in [4.78, 5) is 21.7. The van der Waals surface area contributed by atoms with E-state index in [-0.39, 0.29) is 25.4 Å². The van der Waals surface area contributed by atoms with Gasteiger partial charge in [0.2, 0.25) is 5.91 Å². The minimum atomic E-state index is -1.13. The number of aliphatic hydroxyl groups excluding tert-OH is 1. The van der Waals surface area contributed by atoms with Crippen LogP contribution in [0.4, 0.5) is 0 Å². The predicted octanol–water partition coefficient (Wildman–Crippen LogP) is -1.45. The number of carbonyl (C=O) groups excluding carboxylic acids is 1. The molecule has 1 amide bonds. The summed E-state index contributed by atoms with van der Waals surface area (Å²) in [5.74, 6) is -1.46. The number of carbonyl (C=O) groups is 2. The number of aliphatic carboxylic acids is 1. The molecule has 4 N–H and O–H groups in total.